The normalized spacial score (nSPS) is 11.4. The summed E-state index contributed by atoms with van der Waals surface area (Å²) in [5, 5.41) is 14.4. The quantitative estimate of drug-likeness (QED) is 0.668. The number of rotatable bonds is 7. The molecule has 1 atom stereocenters. The van der Waals surface area contributed by atoms with Crippen molar-refractivity contribution in [2.45, 2.75) is 25.8 Å². The number of benzene rings is 1. The molecule has 0 bridgehead atoms. The zero-order valence-corrected chi connectivity index (χ0v) is 11.6. The zero-order valence-electron chi connectivity index (χ0n) is 11.6. The van der Waals surface area contributed by atoms with E-state index in [-0.39, 0.29) is 17.6 Å². The van der Waals surface area contributed by atoms with Gasteiger partial charge in [-0.05, 0) is 37.5 Å². The summed E-state index contributed by atoms with van der Waals surface area (Å²) < 4.78 is 0. The minimum absolute atomic E-state index is 0.0443. The lowest BCUT2D eigenvalue weighted by atomic mass is 10.1. The number of amides is 2. The van der Waals surface area contributed by atoms with Crippen LogP contribution in [0.25, 0.3) is 0 Å². The van der Waals surface area contributed by atoms with E-state index in [4.69, 9.17) is 5.11 Å². The molecule has 0 spiro atoms. The molecule has 0 saturated carbocycles. The second-order valence-electron chi connectivity index (χ2n) is 4.58. The highest BCUT2D eigenvalue weighted by atomic mass is 16.4. The van der Waals surface area contributed by atoms with E-state index in [0.29, 0.717) is 19.4 Å². The number of urea groups is 1. The van der Waals surface area contributed by atoms with Crippen molar-refractivity contribution in [3.63, 3.8) is 0 Å². The fourth-order valence-electron chi connectivity index (χ4n) is 1.76. The number of hydrogen-bond donors (Lipinski definition) is 3. The molecule has 1 unspecified atom stereocenters. The van der Waals surface area contributed by atoms with Crippen molar-refractivity contribution in [3.05, 3.63) is 48.0 Å². The van der Waals surface area contributed by atoms with Gasteiger partial charge in [-0.1, -0.05) is 18.2 Å². The minimum atomic E-state index is -0.948. The number of carboxylic acids is 1. The monoisotopic (exact) mass is 276 g/mol. The van der Waals surface area contributed by atoms with Gasteiger partial charge in [-0.3, -0.25) is 0 Å². The molecule has 3 N–H and O–H groups in total. The Kier molecular flexibility index (Phi) is 6.29. The van der Waals surface area contributed by atoms with Gasteiger partial charge in [0.1, 0.15) is 0 Å². The summed E-state index contributed by atoms with van der Waals surface area (Å²) in [6, 6.07) is 6.51. The van der Waals surface area contributed by atoms with Crippen molar-refractivity contribution in [2.75, 3.05) is 6.54 Å². The molecule has 20 heavy (non-hydrogen) atoms. The van der Waals surface area contributed by atoms with Gasteiger partial charge in [0.25, 0.3) is 0 Å². The molecule has 5 heteroatoms. The Morgan fingerprint density at radius 3 is 2.85 bits per heavy atom. The van der Waals surface area contributed by atoms with E-state index >= 15 is 0 Å². The topological polar surface area (TPSA) is 78.4 Å². The van der Waals surface area contributed by atoms with Crippen LogP contribution in [0.5, 0.6) is 0 Å². The molecule has 0 saturated heterocycles. The Hall–Kier alpha value is -2.30. The lowest BCUT2D eigenvalue weighted by Gasteiger charge is -2.12. The number of carboxylic acid groups (broad SMARTS) is 1. The van der Waals surface area contributed by atoms with Crippen molar-refractivity contribution in [1.82, 2.24) is 10.6 Å². The molecule has 0 aliphatic heterocycles. The van der Waals surface area contributed by atoms with Crippen LogP contribution in [0.15, 0.2) is 36.9 Å². The third-order valence-corrected chi connectivity index (χ3v) is 2.77. The lowest BCUT2D eigenvalue weighted by molar-refractivity contribution is 0.0696. The molecular weight excluding hydrogens is 256 g/mol. The Morgan fingerprint density at radius 1 is 1.45 bits per heavy atom. The molecule has 0 heterocycles. The van der Waals surface area contributed by atoms with Gasteiger partial charge in [0.2, 0.25) is 0 Å². The number of nitrogens with one attached hydrogen (secondary N) is 2. The van der Waals surface area contributed by atoms with Crippen LogP contribution < -0.4 is 10.6 Å². The Balaban J connectivity index is 2.37. The second kappa shape index (κ2) is 7.99. The Bertz CT molecular complexity index is 486. The molecule has 0 aliphatic carbocycles. The van der Waals surface area contributed by atoms with Crippen molar-refractivity contribution < 1.29 is 14.7 Å². The molecular formula is C15H20N2O3. The summed E-state index contributed by atoms with van der Waals surface area (Å²) in [7, 11) is 0. The first-order chi connectivity index (χ1) is 9.52. The molecule has 108 valence electrons. The SMILES string of the molecule is C=CCC(C)NC(=O)NCCc1cccc(C(=O)O)c1. The molecule has 1 rings (SSSR count). The average Bonchev–Trinajstić information content (AvgIpc) is 2.39. The van der Waals surface area contributed by atoms with Crippen molar-refractivity contribution in [1.29, 1.82) is 0 Å². The maximum Gasteiger partial charge on any atom is 0.335 e. The highest BCUT2D eigenvalue weighted by molar-refractivity contribution is 5.87. The van der Waals surface area contributed by atoms with Gasteiger partial charge in [0.05, 0.1) is 5.56 Å². The molecule has 2 amide bonds. The van der Waals surface area contributed by atoms with Gasteiger partial charge in [-0.15, -0.1) is 6.58 Å². The lowest BCUT2D eigenvalue weighted by Crippen LogP contribution is -2.41. The van der Waals surface area contributed by atoms with Crippen LogP contribution in [0, 0.1) is 0 Å². The number of aromatic carboxylic acids is 1. The first kappa shape index (κ1) is 15.8. The van der Waals surface area contributed by atoms with Crippen LogP contribution >= 0.6 is 0 Å². The van der Waals surface area contributed by atoms with Gasteiger partial charge in [0, 0.05) is 12.6 Å². The first-order valence-corrected chi connectivity index (χ1v) is 6.50. The highest BCUT2D eigenvalue weighted by Gasteiger charge is 2.06. The number of carbonyl (C=O) groups is 2. The molecule has 5 nitrogen and oxygen atoms in total. The van der Waals surface area contributed by atoms with Gasteiger partial charge in [-0.25, -0.2) is 9.59 Å². The van der Waals surface area contributed by atoms with Crippen LogP contribution in [0.3, 0.4) is 0 Å². The third-order valence-electron chi connectivity index (χ3n) is 2.77. The van der Waals surface area contributed by atoms with Crippen molar-refractivity contribution in [2.24, 2.45) is 0 Å². The van der Waals surface area contributed by atoms with Gasteiger partial charge in [-0.2, -0.15) is 0 Å². The predicted molar refractivity (Wildman–Crippen MR) is 77.9 cm³/mol. The standard InChI is InChI=1S/C15H20N2O3/c1-3-5-11(2)17-15(20)16-9-8-12-6-4-7-13(10-12)14(18)19/h3-4,6-7,10-11H,1,5,8-9H2,2H3,(H,18,19)(H2,16,17,20). The van der Waals surface area contributed by atoms with Crippen LogP contribution in [0.1, 0.15) is 29.3 Å². The minimum Gasteiger partial charge on any atom is -0.478 e. The Labute approximate surface area is 118 Å². The molecule has 0 fully saturated rings. The van der Waals surface area contributed by atoms with Crippen molar-refractivity contribution in [3.8, 4) is 0 Å². The van der Waals surface area contributed by atoms with Crippen molar-refractivity contribution >= 4 is 12.0 Å². The predicted octanol–water partition coefficient (Wildman–Crippen LogP) is 2.19. The number of carbonyl (C=O) groups excluding carboxylic acids is 1. The zero-order chi connectivity index (χ0) is 15.0. The van der Waals surface area contributed by atoms with E-state index in [2.05, 4.69) is 17.2 Å². The van der Waals surface area contributed by atoms with Crippen LogP contribution in [-0.4, -0.2) is 29.7 Å². The summed E-state index contributed by atoms with van der Waals surface area (Å²) in [4.78, 5) is 22.4. The summed E-state index contributed by atoms with van der Waals surface area (Å²) >= 11 is 0. The van der Waals surface area contributed by atoms with Gasteiger partial charge in [0.15, 0.2) is 0 Å². The maximum absolute atomic E-state index is 11.5. The van der Waals surface area contributed by atoms with E-state index in [1.165, 1.54) is 0 Å². The summed E-state index contributed by atoms with van der Waals surface area (Å²) in [6.45, 7) is 5.97. The fourth-order valence-corrected chi connectivity index (χ4v) is 1.76. The maximum atomic E-state index is 11.5. The smallest absolute Gasteiger partial charge is 0.335 e. The van der Waals surface area contributed by atoms with E-state index in [1.807, 2.05) is 13.0 Å². The molecule has 0 aliphatic rings. The largest absolute Gasteiger partial charge is 0.478 e. The second-order valence-corrected chi connectivity index (χ2v) is 4.58. The first-order valence-electron chi connectivity index (χ1n) is 6.50. The van der Waals surface area contributed by atoms with E-state index in [9.17, 15) is 9.59 Å². The van der Waals surface area contributed by atoms with E-state index in [0.717, 1.165) is 5.56 Å². The van der Waals surface area contributed by atoms with E-state index in [1.54, 1.807) is 24.3 Å². The molecule has 1 aromatic carbocycles. The summed E-state index contributed by atoms with van der Waals surface area (Å²) in [5.41, 5.74) is 1.14. The Morgan fingerprint density at radius 2 is 2.20 bits per heavy atom. The third kappa shape index (κ3) is 5.56. The fraction of sp³-hybridized carbons (Fsp3) is 0.333. The molecule has 1 aromatic rings. The van der Waals surface area contributed by atoms with Crippen LogP contribution in [-0.2, 0) is 6.42 Å². The van der Waals surface area contributed by atoms with E-state index < -0.39 is 5.97 Å². The van der Waals surface area contributed by atoms with Gasteiger partial charge < -0.3 is 15.7 Å². The van der Waals surface area contributed by atoms with Gasteiger partial charge >= 0.3 is 12.0 Å². The summed E-state index contributed by atoms with van der Waals surface area (Å²) in [6.07, 6.45) is 3.06. The van der Waals surface area contributed by atoms with Crippen LogP contribution in [0.2, 0.25) is 0 Å². The molecule has 0 aromatic heterocycles. The number of hydrogen-bond acceptors (Lipinski definition) is 2. The summed E-state index contributed by atoms with van der Waals surface area (Å²) in [5.74, 6) is -0.948. The highest BCUT2D eigenvalue weighted by Crippen LogP contribution is 2.05. The van der Waals surface area contributed by atoms with Crippen LogP contribution in [0.4, 0.5) is 4.79 Å². The average molecular weight is 276 g/mol. The molecule has 0 radical (unpaired) electrons.